The molecule has 0 aliphatic carbocycles. The Morgan fingerprint density at radius 2 is 2.05 bits per heavy atom. The van der Waals surface area contributed by atoms with Crippen molar-refractivity contribution in [2.75, 3.05) is 18.9 Å². The largest absolute Gasteiger partial charge is 0.465 e. The van der Waals surface area contributed by atoms with Gasteiger partial charge in [0, 0.05) is 4.92 Å². The second-order valence-electron chi connectivity index (χ2n) is 4.03. The molecule has 1 rings (SSSR count). The first-order valence-corrected chi connectivity index (χ1v) is 7.03. The lowest BCUT2D eigenvalue weighted by Gasteiger charge is -2.12. The smallest absolute Gasteiger partial charge is 0.315 e. The summed E-state index contributed by atoms with van der Waals surface area (Å²) in [6, 6.07) is 7.55. The van der Waals surface area contributed by atoms with Gasteiger partial charge in [0.15, 0.2) is 0 Å². The van der Waals surface area contributed by atoms with Crippen molar-refractivity contribution in [2.45, 2.75) is 19.1 Å². The van der Waals surface area contributed by atoms with Gasteiger partial charge in [-0.1, -0.05) is 29.8 Å². The van der Waals surface area contributed by atoms with Gasteiger partial charge < -0.3 is 4.74 Å². The minimum atomic E-state index is -0.358. The molecular weight excluding hydrogens is 266 g/mol. The predicted octanol–water partition coefficient (Wildman–Crippen LogP) is 2.61. The molecule has 0 fully saturated rings. The Kier molecular flexibility index (Phi) is 6.35. The minimum Gasteiger partial charge on any atom is -0.465 e. The van der Waals surface area contributed by atoms with Crippen LogP contribution in [0.4, 0.5) is 0 Å². The predicted molar refractivity (Wildman–Crippen MR) is 74.9 cm³/mol. The fourth-order valence-electron chi connectivity index (χ4n) is 1.54. The number of esters is 1. The highest BCUT2D eigenvalue weighted by atomic mass is 32.2. The Balaban J connectivity index is 2.69. The van der Waals surface area contributed by atoms with E-state index in [1.54, 1.807) is 6.92 Å². The molecule has 104 valence electrons. The molecule has 0 bridgehead atoms. The summed E-state index contributed by atoms with van der Waals surface area (Å²) in [6.45, 7) is 3.81. The molecule has 0 saturated carbocycles. The first kappa shape index (κ1) is 15.5. The van der Waals surface area contributed by atoms with Crippen LogP contribution in [0.2, 0.25) is 0 Å². The lowest BCUT2D eigenvalue weighted by molar-refractivity contribution is -0.479. The van der Waals surface area contributed by atoms with E-state index in [1.165, 1.54) is 11.8 Å². The average molecular weight is 283 g/mol. The van der Waals surface area contributed by atoms with Crippen LogP contribution < -0.4 is 0 Å². The molecule has 1 aromatic carbocycles. The van der Waals surface area contributed by atoms with Crippen LogP contribution in [0.15, 0.2) is 24.3 Å². The summed E-state index contributed by atoms with van der Waals surface area (Å²) in [4.78, 5) is 21.6. The molecule has 19 heavy (non-hydrogen) atoms. The number of carbonyl (C=O) groups excluding carboxylic acids is 1. The molecular formula is C13H17NO4S. The minimum absolute atomic E-state index is 0.125. The van der Waals surface area contributed by atoms with Crippen LogP contribution >= 0.6 is 11.8 Å². The zero-order valence-electron chi connectivity index (χ0n) is 11.0. The molecule has 0 aliphatic heterocycles. The first-order valence-electron chi connectivity index (χ1n) is 5.98. The van der Waals surface area contributed by atoms with Crippen molar-refractivity contribution in [1.82, 2.24) is 0 Å². The number of thioether (sulfide) groups is 1. The highest BCUT2D eigenvalue weighted by Crippen LogP contribution is 2.29. The van der Waals surface area contributed by atoms with Gasteiger partial charge in [-0.3, -0.25) is 14.9 Å². The van der Waals surface area contributed by atoms with Gasteiger partial charge >= 0.3 is 5.97 Å². The maximum atomic E-state index is 11.3. The number of ether oxygens (including phenoxy) is 1. The van der Waals surface area contributed by atoms with E-state index in [1.807, 2.05) is 31.2 Å². The molecule has 0 N–H and O–H groups in total. The number of rotatable bonds is 7. The first-order chi connectivity index (χ1) is 9.02. The standard InChI is InChI=1S/C13H17NO4S/c1-3-18-13(15)9-19-12(8-14(16)17)11-6-4-10(2)5-7-11/h4-7,12H,3,8-9H2,1-2H3. The van der Waals surface area contributed by atoms with E-state index in [2.05, 4.69) is 0 Å². The Labute approximate surface area is 116 Å². The molecule has 1 aromatic rings. The SMILES string of the molecule is CCOC(=O)CSC(C[N+](=O)[O-])c1ccc(C)cc1. The van der Waals surface area contributed by atoms with Gasteiger partial charge in [-0.2, -0.15) is 0 Å². The number of nitro groups is 1. The molecule has 0 amide bonds. The monoisotopic (exact) mass is 283 g/mol. The summed E-state index contributed by atoms with van der Waals surface area (Å²) in [7, 11) is 0. The van der Waals surface area contributed by atoms with Gasteiger partial charge in [0.1, 0.15) is 0 Å². The summed E-state index contributed by atoms with van der Waals surface area (Å²) < 4.78 is 4.82. The summed E-state index contributed by atoms with van der Waals surface area (Å²) in [5, 5.41) is 10.4. The van der Waals surface area contributed by atoms with Crippen molar-refractivity contribution in [3.63, 3.8) is 0 Å². The normalized spacial score (nSPS) is 11.9. The number of benzene rings is 1. The van der Waals surface area contributed by atoms with E-state index in [0.29, 0.717) is 6.61 Å². The molecule has 5 nitrogen and oxygen atoms in total. The van der Waals surface area contributed by atoms with Crippen LogP contribution in [0.3, 0.4) is 0 Å². The number of nitrogens with zero attached hydrogens (tertiary/aromatic N) is 1. The van der Waals surface area contributed by atoms with Crippen molar-refractivity contribution in [3.05, 3.63) is 45.5 Å². The van der Waals surface area contributed by atoms with Crippen molar-refractivity contribution < 1.29 is 14.5 Å². The van der Waals surface area contributed by atoms with Gasteiger partial charge in [-0.05, 0) is 19.4 Å². The van der Waals surface area contributed by atoms with Gasteiger partial charge in [0.2, 0.25) is 6.54 Å². The summed E-state index contributed by atoms with van der Waals surface area (Å²) >= 11 is 1.24. The third-order valence-electron chi connectivity index (χ3n) is 2.47. The van der Waals surface area contributed by atoms with Gasteiger partial charge in [0.05, 0.1) is 17.6 Å². The number of hydrogen-bond acceptors (Lipinski definition) is 5. The zero-order chi connectivity index (χ0) is 14.3. The Bertz CT molecular complexity index is 433. The maximum absolute atomic E-state index is 11.3. The summed E-state index contributed by atoms with van der Waals surface area (Å²) in [5.41, 5.74) is 1.95. The van der Waals surface area contributed by atoms with E-state index in [0.717, 1.165) is 11.1 Å². The second kappa shape index (κ2) is 7.78. The van der Waals surface area contributed by atoms with Crippen LogP contribution in [0, 0.1) is 17.0 Å². The number of aryl methyl sites for hydroxylation is 1. The van der Waals surface area contributed by atoms with Crippen molar-refractivity contribution in [1.29, 1.82) is 0 Å². The lowest BCUT2D eigenvalue weighted by atomic mass is 10.1. The zero-order valence-corrected chi connectivity index (χ0v) is 11.8. The van der Waals surface area contributed by atoms with Gasteiger partial charge in [0.25, 0.3) is 0 Å². The fraction of sp³-hybridized carbons (Fsp3) is 0.462. The van der Waals surface area contributed by atoms with Crippen LogP contribution in [0.5, 0.6) is 0 Å². The van der Waals surface area contributed by atoms with Crippen molar-refractivity contribution in [2.24, 2.45) is 0 Å². The van der Waals surface area contributed by atoms with E-state index in [4.69, 9.17) is 4.74 Å². The molecule has 0 aromatic heterocycles. The third-order valence-corrected chi connectivity index (χ3v) is 3.70. The number of carbonyl (C=O) groups is 1. The molecule has 1 atom stereocenters. The summed E-state index contributed by atoms with van der Waals surface area (Å²) in [5.74, 6) is -0.215. The molecule has 0 radical (unpaired) electrons. The Morgan fingerprint density at radius 3 is 2.58 bits per heavy atom. The van der Waals surface area contributed by atoms with Crippen LogP contribution in [-0.4, -0.2) is 29.8 Å². The highest BCUT2D eigenvalue weighted by molar-refractivity contribution is 8.00. The molecule has 1 unspecified atom stereocenters. The quantitative estimate of drug-likeness (QED) is 0.437. The Morgan fingerprint density at radius 1 is 1.42 bits per heavy atom. The average Bonchev–Trinajstić information content (AvgIpc) is 2.35. The fourth-order valence-corrected chi connectivity index (χ4v) is 2.54. The highest BCUT2D eigenvalue weighted by Gasteiger charge is 2.20. The van der Waals surface area contributed by atoms with E-state index >= 15 is 0 Å². The second-order valence-corrected chi connectivity index (χ2v) is 5.22. The van der Waals surface area contributed by atoms with E-state index in [9.17, 15) is 14.9 Å². The van der Waals surface area contributed by atoms with Crippen molar-refractivity contribution >= 4 is 17.7 Å². The molecule has 0 aliphatic rings. The van der Waals surface area contributed by atoms with Gasteiger partial charge in [-0.25, -0.2) is 0 Å². The maximum Gasteiger partial charge on any atom is 0.315 e. The molecule has 6 heteroatoms. The molecule has 0 heterocycles. The molecule has 0 spiro atoms. The van der Waals surface area contributed by atoms with Gasteiger partial charge in [-0.15, -0.1) is 11.8 Å². The number of hydrogen-bond donors (Lipinski definition) is 0. The Hall–Kier alpha value is -1.56. The topological polar surface area (TPSA) is 69.4 Å². The van der Waals surface area contributed by atoms with Crippen LogP contribution in [-0.2, 0) is 9.53 Å². The molecule has 0 saturated heterocycles. The third kappa shape index (κ3) is 5.74. The van der Waals surface area contributed by atoms with Crippen molar-refractivity contribution in [3.8, 4) is 0 Å². The lowest BCUT2D eigenvalue weighted by Crippen LogP contribution is -2.14. The summed E-state index contributed by atoms with van der Waals surface area (Å²) in [6.07, 6.45) is 0. The van der Waals surface area contributed by atoms with Crippen LogP contribution in [0.1, 0.15) is 23.3 Å². The van der Waals surface area contributed by atoms with E-state index in [-0.39, 0.29) is 28.4 Å². The van der Waals surface area contributed by atoms with Crippen LogP contribution in [0.25, 0.3) is 0 Å². The van der Waals surface area contributed by atoms with E-state index < -0.39 is 0 Å².